The highest BCUT2D eigenvalue weighted by Crippen LogP contribution is 2.33. The Labute approximate surface area is 130 Å². The highest BCUT2D eigenvalue weighted by molar-refractivity contribution is 9.13. The first-order valence-electron chi connectivity index (χ1n) is 6.54. The lowest BCUT2D eigenvalue weighted by Gasteiger charge is -2.33. The molecule has 0 aromatic heterocycles. The van der Waals surface area contributed by atoms with Gasteiger partial charge in [0.1, 0.15) is 0 Å². The summed E-state index contributed by atoms with van der Waals surface area (Å²) >= 11 is 6.99. The van der Waals surface area contributed by atoms with Crippen LogP contribution < -0.4 is 5.73 Å². The van der Waals surface area contributed by atoms with E-state index in [4.69, 9.17) is 5.73 Å². The molecule has 0 aliphatic carbocycles. The number of hydrogen-bond acceptors (Lipinski definition) is 2. The number of hydrogen-bond donors (Lipinski definition) is 1. The summed E-state index contributed by atoms with van der Waals surface area (Å²) in [6.45, 7) is 2.71. The average molecular weight is 390 g/mol. The molecule has 0 radical (unpaired) electrons. The maximum absolute atomic E-state index is 12.2. The van der Waals surface area contributed by atoms with Gasteiger partial charge in [-0.15, -0.1) is 0 Å². The number of nitrogens with two attached hydrogens (primary N) is 1. The number of halogens is 2. The smallest absolute Gasteiger partial charge is 0.223 e. The van der Waals surface area contributed by atoms with Gasteiger partial charge in [-0.25, -0.2) is 0 Å². The van der Waals surface area contributed by atoms with Crippen molar-refractivity contribution in [2.45, 2.75) is 38.3 Å². The number of likely N-dealkylation sites (tertiary alicyclic amines) is 1. The van der Waals surface area contributed by atoms with E-state index in [2.05, 4.69) is 37.9 Å². The quantitative estimate of drug-likeness (QED) is 0.839. The first-order valence-corrected chi connectivity index (χ1v) is 8.13. The maximum Gasteiger partial charge on any atom is 0.223 e. The third-order valence-corrected chi connectivity index (χ3v) is 5.50. The van der Waals surface area contributed by atoms with Crippen LogP contribution in [-0.2, 0) is 4.79 Å². The molecule has 1 aromatic rings. The van der Waals surface area contributed by atoms with Gasteiger partial charge in [-0.1, -0.05) is 6.07 Å². The van der Waals surface area contributed by atoms with E-state index in [1.54, 1.807) is 0 Å². The molecule has 1 aliphatic heterocycles. The van der Waals surface area contributed by atoms with Gasteiger partial charge in [-0.2, -0.15) is 0 Å². The molecule has 0 spiro atoms. The van der Waals surface area contributed by atoms with E-state index in [-0.39, 0.29) is 18.0 Å². The Bertz CT molecular complexity index is 479. The second-order valence-electron chi connectivity index (χ2n) is 4.85. The molecule has 2 N–H and O–H groups in total. The molecule has 5 heteroatoms. The number of amides is 1. The molecule has 1 fully saturated rings. The third kappa shape index (κ3) is 3.20. The molecule has 0 bridgehead atoms. The molecule has 2 rings (SSSR count). The lowest BCUT2D eigenvalue weighted by atomic mass is 9.96. The van der Waals surface area contributed by atoms with Crippen molar-refractivity contribution in [2.75, 3.05) is 6.54 Å². The van der Waals surface area contributed by atoms with Crippen molar-refractivity contribution in [3.8, 4) is 0 Å². The van der Waals surface area contributed by atoms with E-state index >= 15 is 0 Å². The molecule has 2 atom stereocenters. The Kier molecular flexibility index (Phi) is 5.03. The lowest BCUT2D eigenvalue weighted by Crippen LogP contribution is -2.42. The molecule has 19 heavy (non-hydrogen) atoms. The first-order chi connectivity index (χ1) is 9.04. The van der Waals surface area contributed by atoms with E-state index in [1.165, 1.54) is 0 Å². The maximum atomic E-state index is 12.2. The van der Waals surface area contributed by atoms with Crippen LogP contribution in [0.5, 0.6) is 0 Å². The minimum absolute atomic E-state index is 0.000486. The fourth-order valence-corrected chi connectivity index (χ4v) is 3.32. The molecular formula is C14H18Br2N2O. The summed E-state index contributed by atoms with van der Waals surface area (Å²) in [4.78, 5) is 14.1. The van der Waals surface area contributed by atoms with Crippen molar-refractivity contribution < 1.29 is 4.79 Å². The summed E-state index contributed by atoms with van der Waals surface area (Å²) in [7, 11) is 0. The first kappa shape index (κ1) is 15.0. The van der Waals surface area contributed by atoms with Gasteiger partial charge in [0, 0.05) is 28.0 Å². The second kappa shape index (κ2) is 6.37. The second-order valence-corrected chi connectivity index (χ2v) is 6.56. The van der Waals surface area contributed by atoms with Gasteiger partial charge in [0.05, 0.1) is 6.04 Å². The van der Waals surface area contributed by atoms with E-state index in [9.17, 15) is 4.79 Å². The molecule has 1 aromatic carbocycles. The van der Waals surface area contributed by atoms with Gasteiger partial charge in [0.25, 0.3) is 0 Å². The fourth-order valence-electron chi connectivity index (χ4n) is 2.67. The predicted octanol–water partition coefficient (Wildman–Crippen LogP) is 3.61. The number of carbonyl (C=O) groups is 1. The van der Waals surface area contributed by atoms with E-state index in [0.29, 0.717) is 13.0 Å². The molecular weight excluding hydrogens is 372 g/mol. The van der Waals surface area contributed by atoms with Gasteiger partial charge < -0.3 is 10.6 Å². The molecule has 104 valence electrons. The van der Waals surface area contributed by atoms with Gasteiger partial charge in [0.2, 0.25) is 5.91 Å². The van der Waals surface area contributed by atoms with Crippen LogP contribution in [0.3, 0.4) is 0 Å². The highest BCUT2D eigenvalue weighted by atomic mass is 79.9. The van der Waals surface area contributed by atoms with Crippen molar-refractivity contribution in [1.29, 1.82) is 0 Å². The monoisotopic (exact) mass is 388 g/mol. The molecule has 0 saturated carbocycles. The van der Waals surface area contributed by atoms with Gasteiger partial charge >= 0.3 is 0 Å². The summed E-state index contributed by atoms with van der Waals surface area (Å²) in [6, 6.07) is 6.06. The minimum Gasteiger partial charge on any atom is -0.334 e. The van der Waals surface area contributed by atoms with Crippen LogP contribution >= 0.6 is 31.9 Å². The summed E-state index contributed by atoms with van der Waals surface area (Å²) < 4.78 is 2.00. The van der Waals surface area contributed by atoms with Crippen LogP contribution in [0.15, 0.2) is 27.1 Å². The van der Waals surface area contributed by atoms with Crippen LogP contribution in [0, 0.1) is 0 Å². The van der Waals surface area contributed by atoms with Gasteiger partial charge in [-0.05, 0) is 69.3 Å². The largest absolute Gasteiger partial charge is 0.334 e. The zero-order chi connectivity index (χ0) is 14.0. The van der Waals surface area contributed by atoms with Crippen molar-refractivity contribution >= 4 is 37.8 Å². The number of rotatable bonds is 2. The summed E-state index contributed by atoms with van der Waals surface area (Å²) in [6.07, 6.45) is 2.38. The summed E-state index contributed by atoms with van der Waals surface area (Å²) in [5, 5.41) is 0. The summed E-state index contributed by atoms with van der Waals surface area (Å²) in [5.41, 5.74) is 7.40. The number of nitrogens with zero attached hydrogens (tertiary/aromatic N) is 1. The van der Waals surface area contributed by atoms with Crippen LogP contribution in [0.1, 0.15) is 37.8 Å². The molecule has 1 saturated heterocycles. The van der Waals surface area contributed by atoms with Crippen LogP contribution in [-0.4, -0.2) is 23.4 Å². The third-order valence-electron chi connectivity index (χ3n) is 3.62. The topological polar surface area (TPSA) is 46.3 Å². The zero-order valence-electron chi connectivity index (χ0n) is 10.9. The molecule has 1 heterocycles. The fraction of sp³-hybridized carbons (Fsp3) is 0.500. The Morgan fingerprint density at radius 3 is 2.74 bits per heavy atom. The Hall–Kier alpha value is -0.390. The molecule has 1 amide bonds. The number of carbonyl (C=O) groups excluding carboxylic acids is 1. The highest BCUT2D eigenvalue weighted by Gasteiger charge is 2.31. The van der Waals surface area contributed by atoms with E-state index in [1.807, 2.05) is 24.0 Å². The van der Waals surface area contributed by atoms with Crippen molar-refractivity contribution in [3.63, 3.8) is 0 Å². The van der Waals surface area contributed by atoms with Crippen LogP contribution in [0.25, 0.3) is 0 Å². The van der Waals surface area contributed by atoms with Crippen molar-refractivity contribution in [3.05, 3.63) is 32.7 Å². The van der Waals surface area contributed by atoms with Crippen molar-refractivity contribution in [1.82, 2.24) is 4.90 Å². The van der Waals surface area contributed by atoms with Gasteiger partial charge in [0.15, 0.2) is 0 Å². The van der Waals surface area contributed by atoms with Crippen LogP contribution in [0.2, 0.25) is 0 Å². The van der Waals surface area contributed by atoms with E-state index in [0.717, 1.165) is 27.4 Å². The number of likely N-dealkylation sites (N-methyl/N-ethyl adjacent to an activating group) is 1. The summed E-state index contributed by atoms with van der Waals surface area (Å²) in [5.74, 6) is 0.208. The molecule has 1 aliphatic rings. The van der Waals surface area contributed by atoms with E-state index < -0.39 is 0 Å². The molecule has 3 nitrogen and oxygen atoms in total. The standard InChI is InChI=1S/C14H18Br2N2O/c1-2-18-13(19)5-3-4-12(17)14(18)9-6-7-10(15)11(16)8-9/h6-8,12,14H,2-5,17H2,1H3. The predicted molar refractivity (Wildman–Crippen MR) is 83.8 cm³/mol. The minimum atomic E-state index is -0.0237. The Morgan fingerprint density at radius 1 is 1.37 bits per heavy atom. The number of benzene rings is 1. The zero-order valence-corrected chi connectivity index (χ0v) is 14.1. The normalized spacial score (nSPS) is 24.4. The van der Waals surface area contributed by atoms with Crippen LogP contribution in [0.4, 0.5) is 0 Å². The average Bonchev–Trinajstić information content (AvgIpc) is 2.52. The van der Waals surface area contributed by atoms with Gasteiger partial charge in [-0.3, -0.25) is 4.79 Å². The molecule has 2 unspecified atom stereocenters. The Morgan fingerprint density at radius 2 is 2.11 bits per heavy atom. The van der Waals surface area contributed by atoms with Crippen molar-refractivity contribution in [2.24, 2.45) is 5.73 Å². The Balaban J connectivity index is 2.41. The lowest BCUT2D eigenvalue weighted by molar-refractivity contribution is -0.133. The SMILES string of the molecule is CCN1C(=O)CCCC(N)C1c1ccc(Br)c(Br)c1.